The van der Waals surface area contributed by atoms with E-state index in [2.05, 4.69) is 10.3 Å². The van der Waals surface area contributed by atoms with Crippen LogP contribution in [0.1, 0.15) is 37.6 Å². The Kier molecular flexibility index (Phi) is 8.85. The van der Waals surface area contributed by atoms with Crippen LogP contribution in [-0.2, 0) is 18.6 Å². The summed E-state index contributed by atoms with van der Waals surface area (Å²) in [6.45, 7) is 5.82. The molecule has 2 atom stereocenters. The van der Waals surface area contributed by atoms with Crippen molar-refractivity contribution in [2.45, 2.75) is 45.5 Å². The average molecular weight is 493 g/mol. The molecule has 9 heteroatoms. The molecule has 0 aliphatic carbocycles. The Bertz CT molecular complexity index is 1060. The first-order chi connectivity index (χ1) is 16.2. The zero-order valence-electron chi connectivity index (χ0n) is 19.5. The van der Waals surface area contributed by atoms with E-state index in [0.717, 1.165) is 11.1 Å². The Morgan fingerprint density at radius 3 is 2.41 bits per heavy atom. The van der Waals surface area contributed by atoms with Crippen molar-refractivity contribution in [3.63, 3.8) is 0 Å². The SMILES string of the molecule is C[C@H](CCl)COc1ccc(C(C)(C)c2ccc(OC[C@H](O)Cn3cc(C[18F])nn3)cc2)cc1F. The first kappa shape index (κ1) is 25.9. The monoisotopic (exact) mass is 492 g/mol. The van der Waals surface area contributed by atoms with E-state index in [1.165, 1.54) is 16.9 Å². The summed E-state index contributed by atoms with van der Waals surface area (Å²) in [4.78, 5) is 0. The maximum Gasteiger partial charge on any atom is 0.165 e. The van der Waals surface area contributed by atoms with Gasteiger partial charge in [-0.3, -0.25) is 0 Å². The summed E-state index contributed by atoms with van der Waals surface area (Å²) in [5.41, 5.74) is 1.55. The van der Waals surface area contributed by atoms with E-state index in [4.69, 9.17) is 21.1 Å². The van der Waals surface area contributed by atoms with E-state index < -0.39 is 24.0 Å². The van der Waals surface area contributed by atoms with Crippen LogP contribution in [0.2, 0.25) is 0 Å². The number of nitrogens with zero attached hydrogens (tertiary/aromatic N) is 3. The van der Waals surface area contributed by atoms with Gasteiger partial charge >= 0.3 is 0 Å². The van der Waals surface area contributed by atoms with Crippen LogP contribution in [0.4, 0.5) is 8.78 Å². The molecule has 34 heavy (non-hydrogen) atoms. The van der Waals surface area contributed by atoms with Crippen molar-refractivity contribution in [1.82, 2.24) is 15.0 Å². The topological polar surface area (TPSA) is 69.4 Å². The van der Waals surface area contributed by atoms with Crippen LogP contribution in [0.15, 0.2) is 48.7 Å². The Hall–Kier alpha value is -2.71. The molecule has 0 aliphatic rings. The van der Waals surface area contributed by atoms with Crippen LogP contribution in [0.5, 0.6) is 11.5 Å². The molecule has 6 nitrogen and oxygen atoms in total. The number of rotatable bonds is 12. The van der Waals surface area contributed by atoms with Crippen LogP contribution in [-0.4, -0.2) is 45.3 Å². The van der Waals surface area contributed by atoms with Crippen molar-refractivity contribution in [3.8, 4) is 11.5 Å². The molecule has 0 aliphatic heterocycles. The normalized spacial score (nSPS) is 13.5. The predicted octanol–water partition coefficient (Wildman–Crippen LogP) is 4.91. The molecule has 0 bridgehead atoms. The average Bonchev–Trinajstić information content (AvgIpc) is 3.29. The van der Waals surface area contributed by atoms with Crippen molar-refractivity contribution in [2.75, 3.05) is 19.1 Å². The molecule has 0 amide bonds. The summed E-state index contributed by atoms with van der Waals surface area (Å²) in [6, 6.07) is 12.5. The lowest BCUT2D eigenvalue weighted by atomic mass is 9.78. The highest BCUT2D eigenvalue weighted by Gasteiger charge is 2.24. The number of aliphatic hydroxyl groups is 1. The molecule has 0 saturated heterocycles. The molecule has 0 fully saturated rings. The number of aliphatic hydroxyl groups excluding tert-OH is 1. The van der Waals surface area contributed by atoms with Crippen molar-refractivity contribution in [2.24, 2.45) is 5.92 Å². The summed E-state index contributed by atoms with van der Waals surface area (Å²) in [7, 11) is 0. The molecule has 184 valence electrons. The Labute approximate surface area is 203 Å². The second-order valence-electron chi connectivity index (χ2n) is 8.90. The fourth-order valence-electron chi connectivity index (χ4n) is 3.37. The molecule has 0 saturated carbocycles. The van der Waals surface area contributed by atoms with Gasteiger partial charge in [-0.1, -0.05) is 44.2 Å². The first-order valence-electron chi connectivity index (χ1n) is 11.1. The number of ether oxygens (including phenoxy) is 2. The molecular formula is C25H30ClF2N3O3. The van der Waals surface area contributed by atoms with Gasteiger partial charge in [0.25, 0.3) is 0 Å². The maximum absolute atomic E-state index is 14.6. The third kappa shape index (κ3) is 6.67. The number of hydrogen-bond acceptors (Lipinski definition) is 5. The lowest BCUT2D eigenvalue weighted by Crippen LogP contribution is -2.24. The van der Waals surface area contributed by atoms with E-state index in [1.54, 1.807) is 6.07 Å². The second kappa shape index (κ2) is 11.6. The summed E-state index contributed by atoms with van der Waals surface area (Å²) >= 11 is 5.78. The third-order valence-electron chi connectivity index (χ3n) is 5.58. The first-order valence-corrected chi connectivity index (χ1v) is 11.6. The highest BCUT2D eigenvalue weighted by Crippen LogP contribution is 2.34. The quantitative estimate of drug-likeness (QED) is 0.364. The fourth-order valence-corrected chi connectivity index (χ4v) is 3.46. The van der Waals surface area contributed by atoms with Crippen LogP contribution >= 0.6 is 11.6 Å². The summed E-state index contributed by atoms with van der Waals surface area (Å²) in [6.07, 6.45) is 0.614. The molecule has 3 rings (SSSR count). The molecule has 1 N–H and O–H groups in total. The van der Waals surface area contributed by atoms with Gasteiger partial charge in [0.05, 0.1) is 19.3 Å². The fraction of sp³-hybridized carbons (Fsp3) is 0.440. The minimum atomic E-state index is -0.832. The third-order valence-corrected chi connectivity index (χ3v) is 6.11. The Morgan fingerprint density at radius 1 is 1.09 bits per heavy atom. The number of aromatic nitrogens is 3. The van der Waals surface area contributed by atoms with Crippen LogP contribution < -0.4 is 9.47 Å². The van der Waals surface area contributed by atoms with Gasteiger partial charge in [-0.25, -0.2) is 13.5 Å². The molecule has 0 unspecified atom stereocenters. The van der Waals surface area contributed by atoms with Gasteiger partial charge < -0.3 is 14.6 Å². The van der Waals surface area contributed by atoms with E-state index >= 15 is 0 Å². The predicted molar refractivity (Wildman–Crippen MR) is 127 cm³/mol. The van der Waals surface area contributed by atoms with Crippen LogP contribution in [0.25, 0.3) is 0 Å². The molecule has 1 heterocycles. The lowest BCUT2D eigenvalue weighted by molar-refractivity contribution is 0.0888. The summed E-state index contributed by atoms with van der Waals surface area (Å²) in [5, 5.41) is 17.5. The number of benzene rings is 2. The molecule has 0 radical (unpaired) electrons. The second-order valence-corrected chi connectivity index (χ2v) is 9.20. The van der Waals surface area contributed by atoms with Crippen LogP contribution in [0.3, 0.4) is 0 Å². The van der Waals surface area contributed by atoms with Crippen LogP contribution in [0, 0.1) is 11.7 Å². The van der Waals surface area contributed by atoms with Crippen molar-refractivity contribution in [3.05, 3.63) is 71.3 Å². The lowest BCUT2D eigenvalue weighted by Gasteiger charge is -2.27. The van der Waals surface area contributed by atoms with Crippen molar-refractivity contribution >= 4 is 11.6 Å². The van der Waals surface area contributed by atoms with Gasteiger partial charge in [0.1, 0.15) is 30.8 Å². The zero-order chi connectivity index (χ0) is 24.7. The van der Waals surface area contributed by atoms with E-state index in [9.17, 15) is 13.9 Å². The smallest absolute Gasteiger partial charge is 0.165 e. The van der Waals surface area contributed by atoms with Gasteiger partial charge in [-0.2, -0.15) is 0 Å². The number of alkyl halides is 2. The minimum absolute atomic E-state index is 0.0442. The molecule has 0 spiro atoms. The van der Waals surface area contributed by atoms with Crippen molar-refractivity contribution in [1.29, 1.82) is 0 Å². The molecular weight excluding hydrogens is 463 g/mol. The van der Waals surface area contributed by atoms with Gasteiger partial charge in [0, 0.05) is 17.2 Å². The Morgan fingerprint density at radius 2 is 1.79 bits per heavy atom. The summed E-state index contributed by atoms with van der Waals surface area (Å²) in [5.74, 6) is 0.980. The van der Waals surface area contributed by atoms with Gasteiger partial charge in [0.15, 0.2) is 11.6 Å². The molecule has 1 aromatic heterocycles. The highest BCUT2D eigenvalue weighted by atomic mass is 35.5. The van der Waals surface area contributed by atoms with E-state index in [-0.39, 0.29) is 30.5 Å². The highest BCUT2D eigenvalue weighted by molar-refractivity contribution is 6.18. The van der Waals surface area contributed by atoms with Gasteiger partial charge in [0.2, 0.25) is 0 Å². The maximum atomic E-state index is 14.6. The number of halogens is 3. The summed E-state index contributed by atoms with van der Waals surface area (Å²) < 4.78 is 39.8. The standard InChI is InChI=1S/C25H30ClF2N3O3/c1-17(11-26)15-34-24-9-6-19(10-23(24)28)25(2,3)18-4-7-22(8-5-18)33-16-21(32)14-31-13-20(12-27)29-30-31/h4-10,13,17,21,32H,11-12,14-16H2,1-3H3/t17-,21-/m1/s1/i27-1. The van der Waals surface area contributed by atoms with Gasteiger partial charge in [-0.05, 0) is 35.4 Å². The molecule has 3 aromatic rings. The minimum Gasteiger partial charge on any atom is -0.491 e. The number of hydrogen-bond donors (Lipinski definition) is 1. The molecule has 2 aromatic carbocycles. The van der Waals surface area contributed by atoms with Crippen molar-refractivity contribution < 1.29 is 23.4 Å². The largest absolute Gasteiger partial charge is 0.491 e. The van der Waals surface area contributed by atoms with E-state index in [1.807, 2.05) is 51.1 Å². The Balaban J connectivity index is 1.59. The van der Waals surface area contributed by atoms with Gasteiger partial charge in [-0.15, -0.1) is 16.7 Å². The zero-order valence-corrected chi connectivity index (χ0v) is 20.3. The van der Waals surface area contributed by atoms with E-state index in [0.29, 0.717) is 18.2 Å².